The second-order valence-corrected chi connectivity index (χ2v) is 8.05. The number of hydrogen-bond acceptors (Lipinski definition) is 5. The van der Waals surface area contributed by atoms with Gasteiger partial charge in [0.15, 0.2) is 0 Å². The highest BCUT2D eigenvalue weighted by atomic mass is 32.2. The van der Waals surface area contributed by atoms with Crippen molar-refractivity contribution in [3.05, 3.63) is 47.7 Å². The van der Waals surface area contributed by atoms with Crippen LogP contribution in [-0.4, -0.2) is 55.4 Å². The summed E-state index contributed by atoms with van der Waals surface area (Å²) in [6.07, 6.45) is 6.71. The van der Waals surface area contributed by atoms with Gasteiger partial charge in [0.25, 0.3) is 0 Å². The van der Waals surface area contributed by atoms with Crippen molar-refractivity contribution < 1.29 is 0 Å². The third-order valence-corrected chi connectivity index (χ3v) is 5.24. The quantitative estimate of drug-likeness (QED) is 0.764. The summed E-state index contributed by atoms with van der Waals surface area (Å²) in [6, 6.07) is 8.82. The molecule has 1 aromatic carbocycles. The molecular weight excluding hydrogens is 328 g/mol. The van der Waals surface area contributed by atoms with E-state index in [0.717, 1.165) is 39.3 Å². The normalized spacial score (nSPS) is 18.8. The molecule has 0 amide bonds. The van der Waals surface area contributed by atoms with Crippen LogP contribution in [0.2, 0.25) is 0 Å². The van der Waals surface area contributed by atoms with Crippen LogP contribution in [0, 0.1) is 5.92 Å². The molecule has 3 rings (SSSR count). The number of piperazine rings is 1. The second-order valence-electron chi connectivity index (χ2n) is 7.17. The minimum atomic E-state index is 0.613. The zero-order valence-corrected chi connectivity index (χ0v) is 16.4. The van der Waals surface area contributed by atoms with Gasteiger partial charge in [-0.25, -0.2) is 0 Å². The molecule has 0 aromatic heterocycles. The maximum absolute atomic E-state index is 3.59. The molecule has 0 saturated carbocycles. The number of nitrogens with zero attached hydrogens (tertiary/aromatic N) is 2. The van der Waals surface area contributed by atoms with Crippen LogP contribution in [0.1, 0.15) is 19.4 Å². The van der Waals surface area contributed by atoms with Gasteiger partial charge in [-0.05, 0) is 41.5 Å². The van der Waals surface area contributed by atoms with Crippen LogP contribution in [0.5, 0.6) is 0 Å². The standard InChI is InChI=1S/C20H30N4S/c1-16(2)13-24-15-17(14-23-10-8-21-9-11-23)12-20(22-24)18-4-6-19(25-3)7-5-18/h4-7,12,15-16,21-22H,8-11,13-14H2,1-3H3. The van der Waals surface area contributed by atoms with Crippen molar-refractivity contribution in [2.75, 3.05) is 45.5 Å². The molecule has 2 aliphatic heterocycles. The van der Waals surface area contributed by atoms with E-state index in [0.29, 0.717) is 5.92 Å². The third kappa shape index (κ3) is 5.27. The molecule has 25 heavy (non-hydrogen) atoms. The summed E-state index contributed by atoms with van der Waals surface area (Å²) in [5.41, 5.74) is 7.41. The van der Waals surface area contributed by atoms with Crippen molar-refractivity contribution in [3.8, 4) is 0 Å². The molecule has 0 bridgehead atoms. The highest BCUT2D eigenvalue weighted by Crippen LogP contribution is 2.23. The minimum Gasteiger partial charge on any atom is -0.314 e. The van der Waals surface area contributed by atoms with E-state index in [1.54, 1.807) is 11.8 Å². The van der Waals surface area contributed by atoms with Crippen molar-refractivity contribution in [2.45, 2.75) is 18.7 Å². The van der Waals surface area contributed by atoms with Gasteiger partial charge in [-0.2, -0.15) is 0 Å². The predicted octanol–water partition coefficient (Wildman–Crippen LogP) is 3.01. The summed E-state index contributed by atoms with van der Waals surface area (Å²) in [4.78, 5) is 3.84. The summed E-state index contributed by atoms with van der Waals surface area (Å²) in [6.45, 7) is 11.0. The summed E-state index contributed by atoms with van der Waals surface area (Å²) in [7, 11) is 0. The molecule has 0 unspecified atom stereocenters. The minimum absolute atomic E-state index is 0.613. The Kier molecular flexibility index (Phi) is 6.45. The fourth-order valence-corrected chi connectivity index (χ4v) is 3.67. The van der Waals surface area contributed by atoms with Crippen molar-refractivity contribution in [2.24, 2.45) is 5.92 Å². The van der Waals surface area contributed by atoms with Gasteiger partial charge in [0, 0.05) is 50.4 Å². The first-order valence-electron chi connectivity index (χ1n) is 9.17. The zero-order chi connectivity index (χ0) is 17.6. The molecule has 2 N–H and O–H groups in total. The molecular formula is C20H30N4S. The summed E-state index contributed by atoms with van der Waals surface area (Å²) < 4.78 is 0. The van der Waals surface area contributed by atoms with Crippen LogP contribution in [-0.2, 0) is 0 Å². The average Bonchev–Trinajstić information content (AvgIpc) is 2.62. The summed E-state index contributed by atoms with van der Waals surface area (Å²) in [5, 5.41) is 5.68. The lowest BCUT2D eigenvalue weighted by Gasteiger charge is -2.33. The molecule has 4 nitrogen and oxygen atoms in total. The van der Waals surface area contributed by atoms with E-state index in [-0.39, 0.29) is 0 Å². The van der Waals surface area contributed by atoms with Gasteiger partial charge >= 0.3 is 0 Å². The van der Waals surface area contributed by atoms with Gasteiger partial charge in [0.05, 0.1) is 5.70 Å². The molecule has 136 valence electrons. The van der Waals surface area contributed by atoms with E-state index in [9.17, 15) is 0 Å². The van der Waals surface area contributed by atoms with Crippen molar-refractivity contribution >= 4 is 17.5 Å². The zero-order valence-electron chi connectivity index (χ0n) is 15.6. The molecule has 2 aliphatic rings. The van der Waals surface area contributed by atoms with E-state index in [4.69, 9.17) is 0 Å². The van der Waals surface area contributed by atoms with E-state index >= 15 is 0 Å². The van der Waals surface area contributed by atoms with Gasteiger partial charge in [-0.15, -0.1) is 11.8 Å². The highest BCUT2D eigenvalue weighted by Gasteiger charge is 2.17. The molecule has 0 aliphatic carbocycles. The predicted molar refractivity (Wildman–Crippen MR) is 108 cm³/mol. The van der Waals surface area contributed by atoms with E-state index in [1.165, 1.54) is 21.7 Å². The van der Waals surface area contributed by atoms with Gasteiger partial charge in [0.1, 0.15) is 0 Å². The van der Waals surface area contributed by atoms with Gasteiger partial charge in [-0.3, -0.25) is 15.3 Å². The van der Waals surface area contributed by atoms with Crippen LogP contribution in [0.4, 0.5) is 0 Å². The number of rotatable bonds is 6. The smallest absolute Gasteiger partial charge is 0.0618 e. The average molecular weight is 359 g/mol. The number of thioether (sulfide) groups is 1. The topological polar surface area (TPSA) is 30.5 Å². The van der Waals surface area contributed by atoms with Crippen molar-refractivity contribution in [1.29, 1.82) is 0 Å². The van der Waals surface area contributed by atoms with E-state index in [2.05, 4.69) is 77.3 Å². The number of nitrogens with one attached hydrogen (secondary N) is 2. The molecule has 5 heteroatoms. The Bertz CT molecular complexity index is 615. The lowest BCUT2D eigenvalue weighted by molar-refractivity contribution is 0.250. The Balaban J connectivity index is 1.78. The first-order chi connectivity index (χ1) is 12.1. The van der Waals surface area contributed by atoms with Crippen LogP contribution >= 0.6 is 11.8 Å². The van der Waals surface area contributed by atoms with Gasteiger partial charge in [-0.1, -0.05) is 26.0 Å². The Labute approximate surface area is 156 Å². The fourth-order valence-electron chi connectivity index (χ4n) is 3.27. The lowest BCUT2D eigenvalue weighted by atomic mass is 10.1. The SMILES string of the molecule is CSc1ccc(C2=CC(CN3CCNCC3)=CN(CC(C)C)N2)cc1. The van der Waals surface area contributed by atoms with Crippen molar-refractivity contribution in [1.82, 2.24) is 20.7 Å². The van der Waals surface area contributed by atoms with Gasteiger partial charge < -0.3 is 5.32 Å². The monoisotopic (exact) mass is 358 g/mol. The molecule has 0 atom stereocenters. The Hall–Kier alpha value is -1.43. The third-order valence-electron chi connectivity index (χ3n) is 4.49. The Morgan fingerprint density at radius 2 is 1.84 bits per heavy atom. The molecule has 1 fully saturated rings. The number of hydrogen-bond donors (Lipinski definition) is 2. The second kappa shape index (κ2) is 8.79. The Morgan fingerprint density at radius 1 is 1.12 bits per heavy atom. The summed E-state index contributed by atoms with van der Waals surface area (Å²) >= 11 is 1.78. The van der Waals surface area contributed by atoms with E-state index < -0.39 is 0 Å². The lowest BCUT2D eigenvalue weighted by Crippen LogP contribution is -2.45. The van der Waals surface area contributed by atoms with E-state index in [1.807, 2.05) is 0 Å². The molecule has 1 aromatic rings. The first-order valence-corrected chi connectivity index (χ1v) is 10.4. The van der Waals surface area contributed by atoms with Crippen LogP contribution in [0.25, 0.3) is 5.70 Å². The first kappa shape index (κ1) is 18.4. The maximum atomic E-state index is 3.59. The molecule has 0 radical (unpaired) electrons. The fraction of sp³-hybridized carbons (Fsp3) is 0.500. The van der Waals surface area contributed by atoms with Crippen molar-refractivity contribution in [3.63, 3.8) is 0 Å². The molecule has 2 heterocycles. The van der Waals surface area contributed by atoms with Gasteiger partial charge in [0.2, 0.25) is 0 Å². The largest absolute Gasteiger partial charge is 0.314 e. The Morgan fingerprint density at radius 3 is 2.48 bits per heavy atom. The number of benzene rings is 1. The van der Waals surface area contributed by atoms with Crippen LogP contribution in [0.3, 0.4) is 0 Å². The number of hydrazine groups is 1. The highest BCUT2D eigenvalue weighted by molar-refractivity contribution is 7.98. The van der Waals surface area contributed by atoms with Crippen LogP contribution in [0.15, 0.2) is 47.0 Å². The summed E-state index contributed by atoms with van der Waals surface area (Å²) in [5.74, 6) is 0.613. The maximum Gasteiger partial charge on any atom is 0.0618 e. The van der Waals surface area contributed by atoms with Crippen LogP contribution < -0.4 is 10.7 Å². The molecule has 1 saturated heterocycles. The molecule has 0 spiro atoms.